The third kappa shape index (κ3) is 2.39. The molecule has 142 valence electrons. The van der Waals surface area contributed by atoms with E-state index in [-0.39, 0.29) is 29.6 Å². The van der Waals surface area contributed by atoms with Gasteiger partial charge in [-0.25, -0.2) is 4.90 Å². The highest BCUT2D eigenvalue weighted by molar-refractivity contribution is 6.24. The minimum atomic E-state index is -0.554. The summed E-state index contributed by atoms with van der Waals surface area (Å²) in [5.41, 5.74) is 2.31. The van der Waals surface area contributed by atoms with Crippen molar-refractivity contribution in [1.29, 1.82) is 0 Å². The molecule has 1 N–H and O–H groups in total. The van der Waals surface area contributed by atoms with Crippen molar-refractivity contribution in [3.05, 3.63) is 65.7 Å². The van der Waals surface area contributed by atoms with Crippen LogP contribution >= 0.6 is 0 Å². The van der Waals surface area contributed by atoms with E-state index < -0.39 is 12.0 Å². The van der Waals surface area contributed by atoms with Gasteiger partial charge in [0.15, 0.2) is 6.04 Å². The maximum absolute atomic E-state index is 13.4. The average molecular weight is 375 g/mol. The Balaban J connectivity index is 1.55. The highest BCUT2D eigenvalue weighted by Gasteiger charge is 2.68. The Bertz CT molecular complexity index is 954. The van der Waals surface area contributed by atoms with Crippen LogP contribution in [-0.2, 0) is 9.59 Å². The van der Waals surface area contributed by atoms with Gasteiger partial charge in [-0.3, -0.25) is 14.4 Å². The smallest absolute Gasteiger partial charge is 0.244 e. The van der Waals surface area contributed by atoms with Gasteiger partial charge in [0.05, 0.1) is 12.2 Å². The van der Waals surface area contributed by atoms with Crippen molar-refractivity contribution in [2.75, 3.05) is 11.4 Å². The van der Waals surface area contributed by atoms with Crippen LogP contribution in [-0.4, -0.2) is 36.2 Å². The van der Waals surface area contributed by atoms with E-state index in [0.717, 1.165) is 29.8 Å². The fourth-order valence-corrected chi connectivity index (χ4v) is 5.47. The van der Waals surface area contributed by atoms with Gasteiger partial charge in [-0.15, -0.1) is 0 Å². The Labute approximate surface area is 163 Å². The SMILES string of the molecule is Cc1ccc(N2C(=O)[C@@H]3[C@H](C2=O)[C@H](C(=O)c2ccccc2)[NH+]2CCC[C@H]32)cc1. The summed E-state index contributed by atoms with van der Waals surface area (Å²) in [6, 6.07) is 16.2. The first kappa shape index (κ1) is 17.3. The molecule has 0 radical (unpaired) electrons. The van der Waals surface area contributed by atoms with Crippen molar-refractivity contribution in [2.24, 2.45) is 11.8 Å². The highest BCUT2D eigenvalue weighted by atomic mass is 16.2. The summed E-state index contributed by atoms with van der Waals surface area (Å²) in [6.45, 7) is 2.83. The van der Waals surface area contributed by atoms with Gasteiger partial charge in [-0.1, -0.05) is 48.0 Å². The molecule has 3 aliphatic heterocycles. The molecular weight excluding hydrogens is 352 g/mol. The lowest BCUT2D eigenvalue weighted by Crippen LogP contribution is -3.16. The van der Waals surface area contributed by atoms with Crippen LogP contribution in [0.5, 0.6) is 0 Å². The summed E-state index contributed by atoms with van der Waals surface area (Å²) in [4.78, 5) is 42.5. The molecule has 3 heterocycles. The van der Waals surface area contributed by atoms with Crippen molar-refractivity contribution in [2.45, 2.75) is 31.8 Å². The predicted octanol–water partition coefficient (Wildman–Crippen LogP) is 1.41. The first-order chi connectivity index (χ1) is 13.6. The second-order valence-electron chi connectivity index (χ2n) is 8.18. The van der Waals surface area contributed by atoms with Crippen LogP contribution in [0.15, 0.2) is 54.6 Å². The predicted molar refractivity (Wildman–Crippen MR) is 104 cm³/mol. The van der Waals surface area contributed by atoms with Crippen molar-refractivity contribution >= 4 is 23.3 Å². The van der Waals surface area contributed by atoms with Crippen LogP contribution in [0.4, 0.5) is 5.69 Å². The molecule has 0 aliphatic carbocycles. The number of carbonyl (C=O) groups is 3. The molecule has 3 fully saturated rings. The molecule has 0 spiro atoms. The lowest BCUT2D eigenvalue weighted by atomic mass is 9.85. The fraction of sp³-hybridized carbons (Fsp3) is 0.348. The Morgan fingerprint density at radius 2 is 1.64 bits per heavy atom. The van der Waals surface area contributed by atoms with Gasteiger partial charge < -0.3 is 4.90 Å². The van der Waals surface area contributed by atoms with E-state index in [9.17, 15) is 14.4 Å². The zero-order valence-corrected chi connectivity index (χ0v) is 15.8. The normalized spacial score (nSPS) is 31.2. The van der Waals surface area contributed by atoms with Crippen molar-refractivity contribution < 1.29 is 19.3 Å². The maximum atomic E-state index is 13.4. The van der Waals surface area contributed by atoms with Gasteiger partial charge in [0, 0.05) is 18.4 Å². The summed E-state index contributed by atoms with van der Waals surface area (Å²) in [7, 11) is 0. The number of hydrogen-bond acceptors (Lipinski definition) is 3. The average Bonchev–Trinajstić information content (AvgIpc) is 3.35. The lowest BCUT2D eigenvalue weighted by molar-refractivity contribution is -0.915. The van der Waals surface area contributed by atoms with E-state index in [1.54, 1.807) is 12.1 Å². The molecular formula is C23H23N2O3+. The van der Waals surface area contributed by atoms with E-state index in [1.165, 1.54) is 4.90 Å². The van der Waals surface area contributed by atoms with Crippen LogP contribution < -0.4 is 9.80 Å². The van der Waals surface area contributed by atoms with E-state index in [4.69, 9.17) is 0 Å². The molecule has 1 unspecified atom stereocenters. The van der Waals surface area contributed by atoms with Crippen LogP contribution in [0.1, 0.15) is 28.8 Å². The van der Waals surface area contributed by atoms with Crippen LogP contribution in [0.3, 0.4) is 0 Å². The van der Waals surface area contributed by atoms with Crippen LogP contribution in [0, 0.1) is 18.8 Å². The molecule has 0 saturated carbocycles. The highest BCUT2D eigenvalue weighted by Crippen LogP contribution is 2.40. The topological polar surface area (TPSA) is 58.9 Å². The number of Topliss-reactive ketones (excluding diaryl/α,β-unsaturated/α-hetero) is 1. The Morgan fingerprint density at radius 1 is 0.964 bits per heavy atom. The molecule has 0 aromatic heterocycles. The molecule has 2 aromatic rings. The van der Waals surface area contributed by atoms with Crippen LogP contribution in [0.25, 0.3) is 0 Å². The number of imide groups is 1. The molecule has 3 aliphatic rings. The van der Waals surface area contributed by atoms with Gasteiger partial charge in [0.1, 0.15) is 17.9 Å². The van der Waals surface area contributed by atoms with Crippen molar-refractivity contribution in [1.82, 2.24) is 0 Å². The summed E-state index contributed by atoms with van der Waals surface area (Å²) < 4.78 is 0. The van der Waals surface area contributed by atoms with Crippen molar-refractivity contribution in [3.63, 3.8) is 0 Å². The zero-order valence-electron chi connectivity index (χ0n) is 15.8. The van der Waals surface area contributed by atoms with E-state index in [1.807, 2.05) is 49.4 Å². The van der Waals surface area contributed by atoms with Gasteiger partial charge in [-0.2, -0.15) is 0 Å². The molecule has 5 nitrogen and oxygen atoms in total. The third-order valence-electron chi connectivity index (χ3n) is 6.68. The molecule has 0 bridgehead atoms. The molecule has 2 aromatic carbocycles. The number of fused-ring (bicyclic) bond motifs is 3. The molecule has 28 heavy (non-hydrogen) atoms. The Hall–Kier alpha value is -2.79. The van der Waals surface area contributed by atoms with E-state index in [0.29, 0.717) is 11.3 Å². The number of amides is 2. The number of aryl methyl sites for hydroxylation is 1. The summed E-state index contributed by atoms with van der Waals surface area (Å²) in [5.74, 6) is -1.30. The minimum absolute atomic E-state index is 0.0121. The van der Waals surface area contributed by atoms with Gasteiger partial charge >= 0.3 is 0 Å². The Kier molecular flexibility index (Phi) is 3.95. The number of quaternary nitrogens is 1. The Morgan fingerprint density at radius 3 is 2.36 bits per heavy atom. The number of nitrogens with zero attached hydrogens (tertiary/aromatic N) is 1. The summed E-state index contributed by atoms with van der Waals surface area (Å²) >= 11 is 0. The first-order valence-electron chi connectivity index (χ1n) is 9.97. The summed E-state index contributed by atoms with van der Waals surface area (Å²) in [5, 5.41) is 0. The van der Waals surface area contributed by atoms with E-state index >= 15 is 0 Å². The lowest BCUT2D eigenvalue weighted by Gasteiger charge is -2.25. The van der Waals surface area contributed by atoms with Crippen LogP contribution in [0.2, 0.25) is 0 Å². The second kappa shape index (κ2) is 6.38. The van der Waals surface area contributed by atoms with Gasteiger partial charge in [-0.05, 0) is 19.1 Å². The molecule has 5 rings (SSSR count). The number of hydrogen-bond donors (Lipinski definition) is 1. The second-order valence-corrected chi connectivity index (χ2v) is 8.18. The van der Waals surface area contributed by atoms with Gasteiger partial charge in [0.2, 0.25) is 17.6 Å². The molecule has 5 atom stereocenters. The number of rotatable bonds is 3. The minimum Gasteiger partial charge on any atom is -0.322 e. The number of anilines is 1. The number of carbonyl (C=O) groups excluding carboxylic acids is 3. The fourth-order valence-electron chi connectivity index (χ4n) is 5.47. The monoisotopic (exact) mass is 375 g/mol. The largest absolute Gasteiger partial charge is 0.322 e. The molecule has 5 heteroatoms. The maximum Gasteiger partial charge on any atom is 0.244 e. The van der Waals surface area contributed by atoms with E-state index in [2.05, 4.69) is 0 Å². The zero-order chi connectivity index (χ0) is 19.4. The molecule has 2 amide bonds. The first-order valence-corrected chi connectivity index (χ1v) is 9.97. The molecule has 3 saturated heterocycles. The number of benzene rings is 2. The standard InChI is InChI=1S/C23H22N2O3/c1-14-9-11-16(12-10-14)25-22(27)18-17-8-5-13-24(17)20(19(18)23(25)28)21(26)15-6-3-2-4-7-15/h2-4,6-7,9-12,17-20H,5,8,13H2,1H3/p+1/t17-,18+,19+,20-/m1/s1. The summed E-state index contributed by atoms with van der Waals surface area (Å²) in [6.07, 6.45) is 1.89. The van der Waals surface area contributed by atoms with Gasteiger partial charge in [0.25, 0.3) is 0 Å². The van der Waals surface area contributed by atoms with Crippen molar-refractivity contribution in [3.8, 4) is 0 Å². The number of nitrogens with one attached hydrogen (secondary N) is 1. The quantitative estimate of drug-likeness (QED) is 0.652. The third-order valence-corrected chi connectivity index (χ3v) is 6.68. The number of ketones is 1.